The van der Waals surface area contributed by atoms with E-state index in [9.17, 15) is 19.5 Å². The Balaban J connectivity index is 2.45. The third-order valence-electron chi connectivity index (χ3n) is 3.45. The number of H-pyrrole nitrogens is 1. The van der Waals surface area contributed by atoms with Crippen molar-refractivity contribution in [2.75, 3.05) is 13.7 Å². The van der Waals surface area contributed by atoms with Gasteiger partial charge in [-0.1, -0.05) is 0 Å². The first-order chi connectivity index (χ1) is 10.4. The number of aliphatic hydroxyl groups excluding tert-OH is 2. The SMILES string of the molecule is COC1C(O)C(CO)OC1n1cc(CC(N)=O)c(=O)[nH]c1=O. The first-order valence-electron chi connectivity index (χ1n) is 6.48. The van der Waals surface area contributed by atoms with E-state index in [4.69, 9.17) is 20.3 Å². The maximum absolute atomic E-state index is 11.9. The van der Waals surface area contributed by atoms with Crippen LogP contribution in [0.5, 0.6) is 0 Å². The average Bonchev–Trinajstić information content (AvgIpc) is 2.77. The van der Waals surface area contributed by atoms with Crippen molar-refractivity contribution < 1.29 is 24.5 Å². The number of nitrogens with zero attached hydrogens (tertiary/aromatic N) is 1. The van der Waals surface area contributed by atoms with Crippen LogP contribution in [0.15, 0.2) is 15.8 Å². The van der Waals surface area contributed by atoms with Gasteiger partial charge < -0.3 is 25.4 Å². The zero-order valence-corrected chi connectivity index (χ0v) is 11.8. The van der Waals surface area contributed by atoms with Gasteiger partial charge in [-0.3, -0.25) is 19.1 Å². The van der Waals surface area contributed by atoms with E-state index < -0.39 is 48.3 Å². The lowest BCUT2D eigenvalue weighted by atomic mass is 10.1. The van der Waals surface area contributed by atoms with Crippen molar-refractivity contribution in [1.29, 1.82) is 0 Å². The first-order valence-corrected chi connectivity index (χ1v) is 6.48. The van der Waals surface area contributed by atoms with Crippen molar-refractivity contribution in [2.45, 2.75) is 31.0 Å². The average molecular weight is 315 g/mol. The Morgan fingerprint density at radius 3 is 2.77 bits per heavy atom. The van der Waals surface area contributed by atoms with Gasteiger partial charge in [0, 0.05) is 18.9 Å². The maximum atomic E-state index is 11.9. The number of aromatic amines is 1. The number of hydrogen-bond acceptors (Lipinski definition) is 7. The van der Waals surface area contributed by atoms with Crippen molar-refractivity contribution >= 4 is 5.91 Å². The van der Waals surface area contributed by atoms with Crippen LogP contribution >= 0.6 is 0 Å². The molecule has 4 atom stereocenters. The highest BCUT2D eigenvalue weighted by molar-refractivity contribution is 5.76. The van der Waals surface area contributed by atoms with Gasteiger partial charge in [0.1, 0.15) is 18.3 Å². The predicted octanol–water partition coefficient (Wildman–Crippen LogP) is -3.17. The predicted molar refractivity (Wildman–Crippen MR) is 72.0 cm³/mol. The molecule has 0 bridgehead atoms. The highest BCUT2D eigenvalue weighted by Gasteiger charge is 2.45. The fourth-order valence-electron chi connectivity index (χ4n) is 2.38. The normalized spacial score (nSPS) is 28.0. The Morgan fingerprint density at radius 1 is 1.55 bits per heavy atom. The number of aliphatic hydroxyl groups is 2. The molecule has 1 aromatic rings. The second-order valence-electron chi connectivity index (χ2n) is 4.90. The third-order valence-corrected chi connectivity index (χ3v) is 3.45. The van der Waals surface area contributed by atoms with Gasteiger partial charge in [-0.15, -0.1) is 0 Å². The van der Waals surface area contributed by atoms with E-state index >= 15 is 0 Å². The van der Waals surface area contributed by atoms with E-state index in [1.807, 2.05) is 4.98 Å². The molecule has 4 unspecified atom stereocenters. The molecule has 1 aliphatic heterocycles. The number of nitrogens with one attached hydrogen (secondary N) is 1. The molecule has 1 fully saturated rings. The third kappa shape index (κ3) is 2.95. The van der Waals surface area contributed by atoms with Gasteiger partial charge in [-0.25, -0.2) is 4.79 Å². The number of carbonyl (C=O) groups excluding carboxylic acids is 1. The van der Waals surface area contributed by atoms with Crippen LogP contribution in [0, 0.1) is 0 Å². The van der Waals surface area contributed by atoms with Crippen LogP contribution in [0.2, 0.25) is 0 Å². The van der Waals surface area contributed by atoms with Crippen LogP contribution in [0.25, 0.3) is 0 Å². The molecule has 0 aromatic carbocycles. The molecule has 1 aromatic heterocycles. The number of nitrogens with two attached hydrogens (primary N) is 1. The minimum atomic E-state index is -1.15. The van der Waals surface area contributed by atoms with Crippen molar-refractivity contribution in [3.05, 3.63) is 32.6 Å². The lowest BCUT2D eigenvalue weighted by molar-refractivity contribution is -0.117. The van der Waals surface area contributed by atoms with Gasteiger partial charge in [0.2, 0.25) is 5.91 Å². The Hall–Kier alpha value is -2.01. The summed E-state index contributed by atoms with van der Waals surface area (Å²) >= 11 is 0. The summed E-state index contributed by atoms with van der Waals surface area (Å²) in [6, 6.07) is 0. The summed E-state index contributed by atoms with van der Waals surface area (Å²) < 4.78 is 11.5. The molecule has 2 rings (SSSR count). The van der Waals surface area contributed by atoms with Gasteiger partial charge in [-0.05, 0) is 0 Å². The van der Waals surface area contributed by atoms with Gasteiger partial charge in [0.15, 0.2) is 6.23 Å². The summed E-state index contributed by atoms with van der Waals surface area (Å²) in [5.74, 6) is -0.736. The van der Waals surface area contributed by atoms with Crippen molar-refractivity contribution in [3.8, 4) is 0 Å². The standard InChI is InChI=1S/C12H17N3O7/c1-21-9-8(18)6(4-16)22-11(9)15-3-5(2-7(13)17)10(19)14-12(15)20/h3,6,8-9,11,16,18H,2,4H2,1H3,(H2,13,17)(H,14,19,20). The highest BCUT2D eigenvalue weighted by atomic mass is 16.6. The molecule has 0 spiro atoms. The molecular weight excluding hydrogens is 298 g/mol. The van der Waals surface area contributed by atoms with Gasteiger partial charge in [-0.2, -0.15) is 0 Å². The number of primary amides is 1. The number of ether oxygens (including phenoxy) is 2. The fourth-order valence-corrected chi connectivity index (χ4v) is 2.38. The summed E-state index contributed by atoms with van der Waals surface area (Å²) in [5, 5.41) is 19.1. The lowest BCUT2D eigenvalue weighted by Crippen LogP contribution is -2.40. The second-order valence-corrected chi connectivity index (χ2v) is 4.90. The number of carbonyl (C=O) groups is 1. The summed E-state index contributed by atoms with van der Waals surface area (Å²) in [5.41, 5.74) is 3.50. The first kappa shape index (κ1) is 16.4. The van der Waals surface area contributed by atoms with Crippen molar-refractivity contribution in [3.63, 3.8) is 0 Å². The van der Waals surface area contributed by atoms with Crippen molar-refractivity contribution in [2.24, 2.45) is 5.73 Å². The fraction of sp³-hybridized carbons (Fsp3) is 0.583. The summed E-state index contributed by atoms with van der Waals surface area (Å²) in [6.07, 6.45) is -3.30. The van der Waals surface area contributed by atoms with Crippen LogP contribution in [0.1, 0.15) is 11.8 Å². The topological polar surface area (TPSA) is 157 Å². The molecule has 1 saturated heterocycles. The quantitative estimate of drug-likeness (QED) is 0.446. The van der Waals surface area contributed by atoms with E-state index in [0.29, 0.717) is 0 Å². The molecular formula is C12H17N3O7. The molecule has 10 heteroatoms. The molecule has 1 amide bonds. The minimum Gasteiger partial charge on any atom is -0.394 e. The number of amides is 1. The molecule has 0 saturated carbocycles. The molecule has 22 heavy (non-hydrogen) atoms. The van der Waals surface area contributed by atoms with Crippen molar-refractivity contribution in [1.82, 2.24) is 9.55 Å². The molecule has 1 aliphatic rings. The summed E-state index contributed by atoms with van der Waals surface area (Å²) in [4.78, 5) is 36.6. The molecule has 5 N–H and O–H groups in total. The Kier molecular flexibility index (Phi) is 4.76. The molecule has 0 radical (unpaired) electrons. The van der Waals surface area contributed by atoms with Crippen LogP contribution in [-0.2, 0) is 20.7 Å². The van der Waals surface area contributed by atoms with Gasteiger partial charge in [0.25, 0.3) is 5.56 Å². The smallest absolute Gasteiger partial charge is 0.330 e. The zero-order chi connectivity index (χ0) is 16.4. The number of methoxy groups -OCH3 is 1. The lowest BCUT2D eigenvalue weighted by Gasteiger charge is -2.20. The Morgan fingerprint density at radius 2 is 2.23 bits per heavy atom. The van der Waals surface area contributed by atoms with Crippen LogP contribution in [-0.4, -0.2) is 57.7 Å². The van der Waals surface area contributed by atoms with E-state index in [-0.39, 0.29) is 12.0 Å². The van der Waals surface area contributed by atoms with Crippen LogP contribution in [0.3, 0.4) is 0 Å². The van der Waals surface area contributed by atoms with E-state index in [1.165, 1.54) is 7.11 Å². The monoisotopic (exact) mass is 315 g/mol. The van der Waals surface area contributed by atoms with Crippen LogP contribution in [0.4, 0.5) is 0 Å². The summed E-state index contributed by atoms with van der Waals surface area (Å²) in [6.45, 7) is -0.468. The molecule has 0 aliphatic carbocycles. The van der Waals surface area contributed by atoms with E-state index in [1.54, 1.807) is 0 Å². The largest absolute Gasteiger partial charge is 0.394 e. The number of hydrogen-bond donors (Lipinski definition) is 4. The number of aromatic nitrogens is 2. The van der Waals surface area contributed by atoms with E-state index in [2.05, 4.69) is 0 Å². The maximum Gasteiger partial charge on any atom is 0.330 e. The Bertz CT molecular complexity index is 667. The second kappa shape index (κ2) is 6.40. The number of rotatable bonds is 5. The van der Waals surface area contributed by atoms with Gasteiger partial charge in [0.05, 0.1) is 13.0 Å². The Labute approximate surface area is 124 Å². The minimum absolute atomic E-state index is 0.0208. The zero-order valence-electron chi connectivity index (χ0n) is 11.8. The molecule has 10 nitrogen and oxygen atoms in total. The molecule has 122 valence electrons. The molecule has 2 heterocycles. The summed E-state index contributed by atoms with van der Waals surface area (Å²) in [7, 11) is 1.31. The van der Waals surface area contributed by atoms with E-state index in [0.717, 1.165) is 10.8 Å². The highest BCUT2D eigenvalue weighted by Crippen LogP contribution is 2.30. The van der Waals surface area contributed by atoms with Crippen LogP contribution < -0.4 is 17.0 Å². The van der Waals surface area contributed by atoms with Gasteiger partial charge >= 0.3 is 5.69 Å².